The fourth-order valence-corrected chi connectivity index (χ4v) is 2.10. The van der Waals surface area contributed by atoms with Crippen molar-refractivity contribution in [2.45, 2.75) is 13.8 Å². The maximum Gasteiger partial charge on any atom is 0.231 e. The van der Waals surface area contributed by atoms with Crippen molar-refractivity contribution in [1.29, 1.82) is 0 Å². The second kappa shape index (κ2) is 5.41. The standard InChI is InChI=1S/C6H13ClN2O3S/c1-5(3-7)4-13(11,12)9-8-6(2)10/h5,9H,3-4H2,1-2H3,(H,8,10). The second-order valence-electron chi connectivity index (χ2n) is 2.82. The lowest BCUT2D eigenvalue weighted by atomic mass is 10.3. The molecule has 78 valence electrons. The molecule has 0 radical (unpaired) electrons. The lowest BCUT2D eigenvalue weighted by Crippen LogP contribution is -2.42. The summed E-state index contributed by atoms with van der Waals surface area (Å²) in [6.45, 7) is 2.92. The van der Waals surface area contributed by atoms with Gasteiger partial charge in [-0.25, -0.2) is 8.42 Å². The summed E-state index contributed by atoms with van der Waals surface area (Å²) in [7, 11) is -3.45. The molecule has 7 heteroatoms. The van der Waals surface area contributed by atoms with Crippen LogP contribution in [-0.2, 0) is 14.8 Å². The molecule has 0 fully saturated rings. The predicted octanol–water partition coefficient (Wildman–Crippen LogP) is -0.168. The van der Waals surface area contributed by atoms with Gasteiger partial charge >= 0.3 is 0 Å². The maximum atomic E-state index is 11.1. The van der Waals surface area contributed by atoms with Gasteiger partial charge in [-0.2, -0.15) is 0 Å². The maximum absolute atomic E-state index is 11.1. The van der Waals surface area contributed by atoms with Crippen LogP contribution in [0.5, 0.6) is 0 Å². The first-order valence-corrected chi connectivity index (χ1v) is 5.88. The Bertz CT molecular complexity index is 265. The van der Waals surface area contributed by atoms with E-state index in [1.807, 2.05) is 10.3 Å². The van der Waals surface area contributed by atoms with Crippen LogP contribution in [0.4, 0.5) is 0 Å². The molecule has 0 aromatic heterocycles. The second-order valence-corrected chi connectivity index (χ2v) is 4.90. The van der Waals surface area contributed by atoms with E-state index in [0.29, 0.717) is 0 Å². The van der Waals surface area contributed by atoms with E-state index >= 15 is 0 Å². The third-order valence-electron chi connectivity index (χ3n) is 1.15. The normalized spacial score (nSPS) is 13.8. The first kappa shape index (κ1) is 12.7. The molecule has 0 aliphatic heterocycles. The summed E-state index contributed by atoms with van der Waals surface area (Å²) < 4.78 is 22.2. The van der Waals surface area contributed by atoms with Gasteiger partial charge in [0.15, 0.2) is 0 Å². The molecule has 0 bridgehead atoms. The van der Waals surface area contributed by atoms with E-state index in [-0.39, 0.29) is 17.6 Å². The van der Waals surface area contributed by atoms with Crippen molar-refractivity contribution in [3.8, 4) is 0 Å². The van der Waals surface area contributed by atoms with Gasteiger partial charge in [0, 0.05) is 12.8 Å². The highest BCUT2D eigenvalue weighted by molar-refractivity contribution is 7.89. The molecular formula is C6H13ClN2O3S. The van der Waals surface area contributed by atoms with E-state index in [4.69, 9.17) is 11.6 Å². The number of hydrazine groups is 1. The zero-order chi connectivity index (χ0) is 10.5. The van der Waals surface area contributed by atoms with Gasteiger partial charge in [0.05, 0.1) is 5.75 Å². The molecular weight excluding hydrogens is 216 g/mol. The average molecular weight is 229 g/mol. The smallest absolute Gasteiger partial charge is 0.231 e. The molecule has 0 aliphatic carbocycles. The monoisotopic (exact) mass is 228 g/mol. The number of amides is 1. The van der Waals surface area contributed by atoms with E-state index in [9.17, 15) is 13.2 Å². The Balaban J connectivity index is 4.02. The van der Waals surface area contributed by atoms with Crippen LogP contribution in [0.1, 0.15) is 13.8 Å². The lowest BCUT2D eigenvalue weighted by molar-refractivity contribution is -0.119. The van der Waals surface area contributed by atoms with Crippen LogP contribution >= 0.6 is 11.6 Å². The van der Waals surface area contributed by atoms with Crippen molar-refractivity contribution in [3.63, 3.8) is 0 Å². The predicted molar refractivity (Wildman–Crippen MR) is 50.6 cm³/mol. The summed E-state index contributed by atoms with van der Waals surface area (Å²) in [5, 5.41) is 0. The first-order chi connectivity index (χ1) is 5.87. The van der Waals surface area contributed by atoms with Crippen molar-refractivity contribution in [3.05, 3.63) is 0 Å². The van der Waals surface area contributed by atoms with E-state index in [1.165, 1.54) is 6.92 Å². The Morgan fingerprint density at radius 1 is 1.54 bits per heavy atom. The highest BCUT2D eigenvalue weighted by Crippen LogP contribution is 2.00. The lowest BCUT2D eigenvalue weighted by Gasteiger charge is -2.09. The van der Waals surface area contributed by atoms with Gasteiger partial charge in [0.25, 0.3) is 0 Å². The number of carbonyl (C=O) groups is 1. The van der Waals surface area contributed by atoms with Crippen molar-refractivity contribution in [2.24, 2.45) is 5.92 Å². The quantitative estimate of drug-likeness (QED) is 0.507. The summed E-state index contributed by atoms with van der Waals surface area (Å²) in [5.74, 6) is -0.437. The van der Waals surface area contributed by atoms with Gasteiger partial charge in [0.1, 0.15) is 0 Å². The van der Waals surface area contributed by atoms with Crippen LogP contribution in [0.3, 0.4) is 0 Å². The molecule has 0 aromatic carbocycles. The molecule has 5 nitrogen and oxygen atoms in total. The number of carbonyl (C=O) groups excluding carboxylic acids is 1. The zero-order valence-electron chi connectivity index (χ0n) is 7.50. The highest BCUT2D eigenvalue weighted by Gasteiger charge is 2.14. The minimum atomic E-state index is -3.45. The molecule has 0 aliphatic rings. The topological polar surface area (TPSA) is 75.3 Å². The largest absolute Gasteiger partial charge is 0.278 e. The number of rotatable bonds is 5. The SMILES string of the molecule is CC(=O)NNS(=O)(=O)CC(C)CCl. The number of alkyl halides is 1. The van der Waals surface area contributed by atoms with E-state index < -0.39 is 15.9 Å². The van der Waals surface area contributed by atoms with Crippen molar-refractivity contribution in [1.82, 2.24) is 10.3 Å². The fraction of sp³-hybridized carbons (Fsp3) is 0.833. The van der Waals surface area contributed by atoms with Crippen LogP contribution in [0.15, 0.2) is 0 Å². The Labute approximate surface area is 82.9 Å². The van der Waals surface area contributed by atoms with Crippen LogP contribution in [0.2, 0.25) is 0 Å². The summed E-state index contributed by atoms with van der Waals surface area (Å²) in [4.78, 5) is 12.3. The van der Waals surface area contributed by atoms with Crippen LogP contribution in [0.25, 0.3) is 0 Å². The molecule has 1 atom stereocenters. The Kier molecular flexibility index (Phi) is 5.27. The summed E-state index contributed by atoms with van der Waals surface area (Å²) in [6, 6.07) is 0. The summed E-state index contributed by atoms with van der Waals surface area (Å²) in [5.41, 5.74) is 2.00. The zero-order valence-corrected chi connectivity index (χ0v) is 9.07. The van der Waals surface area contributed by atoms with Gasteiger partial charge in [-0.05, 0) is 5.92 Å². The summed E-state index contributed by atoms with van der Waals surface area (Å²) in [6.07, 6.45) is 0. The van der Waals surface area contributed by atoms with Gasteiger partial charge in [0.2, 0.25) is 15.9 Å². The minimum absolute atomic E-state index is 0.100. The molecule has 1 amide bonds. The highest BCUT2D eigenvalue weighted by atomic mass is 35.5. The molecule has 1 unspecified atom stereocenters. The Morgan fingerprint density at radius 2 is 2.08 bits per heavy atom. The van der Waals surface area contributed by atoms with Crippen molar-refractivity contribution < 1.29 is 13.2 Å². The van der Waals surface area contributed by atoms with Gasteiger partial charge in [-0.15, -0.1) is 16.4 Å². The third kappa shape index (κ3) is 6.80. The molecule has 0 aromatic rings. The first-order valence-electron chi connectivity index (χ1n) is 3.69. The van der Waals surface area contributed by atoms with E-state index in [2.05, 4.69) is 0 Å². The van der Waals surface area contributed by atoms with Crippen LogP contribution in [0, 0.1) is 5.92 Å². The fourth-order valence-electron chi connectivity index (χ4n) is 0.610. The van der Waals surface area contributed by atoms with Crippen LogP contribution in [-0.4, -0.2) is 26.0 Å². The molecule has 0 spiro atoms. The van der Waals surface area contributed by atoms with Crippen molar-refractivity contribution in [2.75, 3.05) is 11.6 Å². The Morgan fingerprint density at radius 3 is 2.46 bits per heavy atom. The van der Waals surface area contributed by atoms with Crippen LogP contribution < -0.4 is 10.3 Å². The van der Waals surface area contributed by atoms with Gasteiger partial charge in [-0.3, -0.25) is 10.2 Å². The Hall–Kier alpha value is -0.330. The molecule has 0 saturated carbocycles. The minimum Gasteiger partial charge on any atom is -0.278 e. The number of nitrogens with one attached hydrogen (secondary N) is 2. The third-order valence-corrected chi connectivity index (χ3v) is 3.10. The number of hydrogen-bond donors (Lipinski definition) is 2. The number of hydrogen-bond acceptors (Lipinski definition) is 3. The van der Waals surface area contributed by atoms with E-state index in [0.717, 1.165) is 0 Å². The summed E-state index contributed by atoms with van der Waals surface area (Å²) >= 11 is 5.44. The van der Waals surface area contributed by atoms with Crippen molar-refractivity contribution >= 4 is 27.5 Å². The molecule has 2 N–H and O–H groups in total. The molecule has 0 saturated heterocycles. The number of halogens is 1. The molecule has 0 heterocycles. The molecule has 13 heavy (non-hydrogen) atoms. The van der Waals surface area contributed by atoms with Gasteiger partial charge in [-0.1, -0.05) is 6.92 Å². The molecule has 0 rings (SSSR count). The average Bonchev–Trinajstić information content (AvgIpc) is 2.00. The van der Waals surface area contributed by atoms with Gasteiger partial charge < -0.3 is 0 Å². The van der Waals surface area contributed by atoms with E-state index in [1.54, 1.807) is 6.92 Å². The number of sulfonamides is 1.